The fourth-order valence-electron chi connectivity index (χ4n) is 4.10. The van der Waals surface area contributed by atoms with Gasteiger partial charge in [0.15, 0.2) is 0 Å². The minimum absolute atomic E-state index is 0.535. The van der Waals surface area contributed by atoms with E-state index in [1.807, 2.05) is 0 Å². The van der Waals surface area contributed by atoms with Crippen molar-refractivity contribution in [1.82, 2.24) is 0 Å². The molecule has 0 N–H and O–H groups in total. The largest absolute Gasteiger partial charge is 0.0625 e. The minimum atomic E-state index is 0.535. The van der Waals surface area contributed by atoms with Crippen LogP contribution in [0.25, 0.3) is 0 Å². The third-order valence-corrected chi connectivity index (χ3v) is 5.41. The summed E-state index contributed by atoms with van der Waals surface area (Å²) in [5.41, 5.74) is 1.07. The van der Waals surface area contributed by atoms with Gasteiger partial charge in [0.05, 0.1) is 0 Å². The van der Waals surface area contributed by atoms with E-state index in [0.717, 1.165) is 23.7 Å². The predicted octanol–water partition coefficient (Wildman–Crippen LogP) is 4.60. The third kappa shape index (κ3) is 1.42. The van der Waals surface area contributed by atoms with Gasteiger partial charge in [0.1, 0.15) is 0 Å². The van der Waals surface area contributed by atoms with E-state index in [1.165, 1.54) is 0 Å². The van der Waals surface area contributed by atoms with Crippen molar-refractivity contribution in [2.75, 3.05) is 0 Å². The van der Waals surface area contributed by atoms with Crippen LogP contribution in [0.1, 0.15) is 55.4 Å². The molecule has 1 saturated carbocycles. The van der Waals surface area contributed by atoms with Crippen LogP contribution >= 0.6 is 0 Å². The molecule has 84 valence electrons. The van der Waals surface area contributed by atoms with E-state index in [9.17, 15) is 0 Å². The van der Waals surface area contributed by atoms with Gasteiger partial charge in [-0.15, -0.1) is 0 Å². The number of hydrogen-bond acceptors (Lipinski definition) is 0. The highest BCUT2D eigenvalue weighted by atomic mass is 14.6. The van der Waals surface area contributed by atoms with E-state index in [1.54, 1.807) is 0 Å². The Bertz CT molecular complexity index is 194. The first-order valence-corrected chi connectivity index (χ1v) is 6.13. The van der Waals surface area contributed by atoms with E-state index in [4.69, 9.17) is 0 Å². The van der Waals surface area contributed by atoms with Crippen molar-refractivity contribution in [3.8, 4) is 0 Å². The van der Waals surface area contributed by atoms with Gasteiger partial charge in [-0.05, 0) is 34.5 Å². The molecule has 14 heavy (non-hydrogen) atoms. The first-order chi connectivity index (χ1) is 6.13. The highest BCUT2D eigenvalue weighted by molar-refractivity contribution is 5.08. The zero-order valence-corrected chi connectivity index (χ0v) is 11.3. The molecule has 1 rings (SSSR count). The molecule has 0 heteroatoms. The standard InChI is InChI=1S/C14H28/c1-9(2)10(3)12-13(5,6)11(4)14(12,7)8/h9-12H,1-8H3. The minimum Gasteiger partial charge on any atom is -0.0625 e. The van der Waals surface area contributed by atoms with Crippen LogP contribution in [0, 0.1) is 34.5 Å². The summed E-state index contributed by atoms with van der Waals surface area (Å²) < 4.78 is 0. The van der Waals surface area contributed by atoms with Crippen molar-refractivity contribution < 1.29 is 0 Å². The van der Waals surface area contributed by atoms with Crippen molar-refractivity contribution in [2.24, 2.45) is 34.5 Å². The first kappa shape index (κ1) is 12.1. The maximum Gasteiger partial charge on any atom is -0.0278 e. The Morgan fingerprint density at radius 3 is 1.50 bits per heavy atom. The lowest BCUT2D eigenvalue weighted by molar-refractivity contribution is -0.183. The van der Waals surface area contributed by atoms with E-state index >= 15 is 0 Å². The Hall–Kier alpha value is 0. The molecule has 1 atom stereocenters. The SMILES string of the molecule is CC(C)C(C)C1C(C)(C)C(C)C1(C)C. The van der Waals surface area contributed by atoms with Crippen LogP contribution in [0.2, 0.25) is 0 Å². The molecule has 0 bridgehead atoms. The average molecular weight is 196 g/mol. The van der Waals surface area contributed by atoms with Crippen LogP contribution in [-0.4, -0.2) is 0 Å². The van der Waals surface area contributed by atoms with Gasteiger partial charge in [-0.1, -0.05) is 55.4 Å². The van der Waals surface area contributed by atoms with Crippen LogP contribution < -0.4 is 0 Å². The van der Waals surface area contributed by atoms with Crippen molar-refractivity contribution in [3.05, 3.63) is 0 Å². The topological polar surface area (TPSA) is 0 Å². The van der Waals surface area contributed by atoms with Crippen molar-refractivity contribution >= 4 is 0 Å². The summed E-state index contributed by atoms with van der Waals surface area (Å²) in [4.78, 5) is 0. The summed E-state index contributed by atoms with van der Waals surface area (Å²) in [6, 6.07) is 0. The van der Waals surface area contributed by atoms with Gasteiger partial charge in [-0.3, -0.25) is 0 Å². The molecule has 0 aliphatic heterocycles. The maximum atomic E-state index is 2.45. The quantitative estimate of drug-likeness (QED) is 0.605. The van der Waals surface area contributed by atoms with Gasteiger partial charge in [-0.25, -0.2) is 0 Å². The molecule has 0 aromatic heterocycles. The second kappa shape index (κ2) is 3.25. The second-order valence-corrected chi connectivity index (χ2v) is 6.95. The Kier molecular flexibility index (Phi) is 2.80. The molecule has 1 fully saturated rings. The molecule has 0 aromatic rings. The smallest absolute Gasteiger partial charge is 0.0278 e. The molecule has 0 aromatic carbocycles. The normalized spacial score (nSPS) is 36.6. The van der Waals surface area contributed by atoms with Crippen LogP contribution in [0.3, 0.4) is 0 Å². The van der Waals surface area contributed by atoms with Crippen LogP contribution in [0.15, 0.2) is 0 Å². The molecule has 0 spiro atoms. The molecular weight excluding hydrogens is 168 g/mol. The summed E-state index contributed by atoms with van der Waals surface area (Å²) in [6.45, 7) is 19.4. The Labute approximate surface area is 90.5 Å². The molecule has 0 radical (unpaired) electrons. The summed E-state index contributed by atoms with van der Waals surface area (Å²) in [5.74, 6) is 3.38. The Morgan fingerprint density at radius 2 is 1.21 bits per heavy atom. The molecule has 0 nitrogen and oxygen atoms in total. The predicted molar refractivity (Wildman–Crippen MR) is 64.2 cm³/mol. The Balaban J connectivity index is 2.88. The highest BCUT2D eigenvalue weighted by Crippen LogP contribution is 2.66. The van der Waals surface area contributed by atoms with E-state index in [2.05, 4.69) is 55.4 Å². The zero-order valence-electron chi connectivity index (χ0n) is 11.3. The molecule has 0 amide bonds. The molecule has 1 unspecified atom stereocenters. The first-order valence-electron chi connectivity index (χ1n) is 6.13. The molecule has 1 aliphatic rings. The number of hydrogen-bond donors (Lipinski definition) is 0. The van der Waals surface area contributed by atoms with Crippen molar-refractivity contribution in [3.63, 3.8) is 0 Å². The monoisotopic (exact) mass is 196 g/mol. The fourth-order valence-corrected chi connectivity index (χ4v) is 4.10. The van der Waals surface area contributed by atoms with Crippen molar-refractivity contribution in [1.29, 1.82) is 0 Å². The Morgan fingerprint density at radius 1 is 0.857 bits per heavy atom. The summed E-state index contributed by atoms with van der Waals surface area (Å²) in [5, 5.41) is 0. The summed E-state index contributed by atoms with van der Waals surface area (Å²) in [7, 11) is 0. The van der Waals surface area contributed by atoms with Gasteiger partial charge < -0.3 is 0 Å². The van der Waals surface area contributed by atoms with Crippen LogP contribution in [0.4, 0.5) is 0 Å². The highest BCUT2D eigenvalue weighted by Gasteiger charge is 2.60. The van der Waals surface area contributed by atoms with Gasteiger partial charge >= 0.3 is 0 Å². The lowest BCUT2D eigenvalue weighted by atomic mass is 9.38. The van der Waals surface area contributed by atoms with Crippen molar-refractivity contribution in [2.45, 2.75) is 55.4 Å². The second-order valence-electron chi connectivity index (χ2n) is 6.95. The summed E-state index contributed by atoms with van der Waals surface area (Å²) >= 11 is 0. The van der Waals surface area contributed by atoms with Gasteiger partial charge in [0, 0.05) is 0 Å². The van der Waals surface area contributed by atoms with Gasteiger partial charge in [0.25, 0.3) is 0 Å². The van der Waals surface area contributed by atoms with Crippen LogP contribution in [-0.2, 0) is 0 Å². The lowest BCUT2D eigenvalue weighted by Gasteiger charge is -2.66. The van der Waals surface area contributed by atoms with E-state index < -0.39 is 0 Å². The molecule has 0 saturated heterocycles. The third-order valence-electron chi connectivity index (χ3n) is 5.41. The van der Waals surface area contributed by atoms with Gasteiger partial charge in [0.2, 0.25) is 0 Å². The average Bonchev–Trinajstić information content (AvgIpc) is 2.01. The molecule has 1 aliphatic carbocycles. The summed E-state index contributed by atoms with van der Waals surface area (Å²) in [6.07, 6.45) is 0. The maximum absolute atomic E-state index is 2.45. The molecule has 0 heterocycles. The van der Waals surface area contributed by atoms with Crippen LogP contribution in [0.5, 0.6) is 0 Å². The lowest BCUT2D eigenvalue weighted by Crippen LogP contribution is -2.61. The van der Waals surface area contributed by atoms with E-state index in [-0.39, 0.29) is 0 Å². The zero-order chi connectivity index (χ0) is 11.3. The number of rotatable bonds is 2. The fraction of sp³-hybridized carbons (Fsp3) is 1.00. The van der Waals surface area contributed by atoms with E-state index in [0.29, 0.717) is 10.8 Å². The molecular formula is C14H28. The van der Waals surface area contributed by atoms with Gasteiger partial charge in [-0.2, -0.15) is 0 Å².